The van der Waals surface area contributed by atoms with Gasteiger partial charge in [0, 0.05) is 33.3 Å². The van der Waals surface area contributed by atoms with Crippen LogP contribution in [-0.2, 0) is 25.9 Å². The van der Waals surface area contributed by atoms with Gasteiger partial charge in [0.15, 0.2) is 27.5 Å². The van der Waals surface area contributed by atoms with Gasteiger partial charge in [-0.15, -0.1) is 4.31 Å². The summed E-state index contributed by atoms with van der Waals surface area (Å²) in [5, 5.41) is 3.72. The number of piperazine rings is 1. The second-order valence-electron chi connectivity index (χ2n) is 7.61. The molecule has 1 unspecified atom stereocenters. The van der Waals surface area contributed by atoms with Gasteiger partial charge in [0.05, 0.1) is 26.2 Å². The molecule has 33 heavy (non-hydrogen) atoms. The summed E-state index contributed by atoms with van der Waals surface area (Å²) in [6, 6.07) is 3.35. The lowest BCUT2D eigenvalue weighted by Gasteiger charge is -2.35. The normalized spacial score (nSPS) is 16.8. The number of hydrogen-bond donors (Lipinski definition) is 0. The van der Waals surface area contributed by atoms with Gasteiger partial charge in [-0.3, -0.25) is 14.2 Å². The molecule has 4 rings (SSSR count). The number of aromatic nitrogens is 4. The molecule has 3 aromatic rings. The number of rotatable bonds is 6. The van der Waals surface area contributed by atoms with Crippen LogP contribution >= 0.6 is 0 Å². The second kappa shape index (κ2) is 9.09. The van der Waals surface area contributed by atoms with E-state index in [0.717, 1.165) is 0 Å². The molecular formula is C20H24N6O6S. The molecule has 0 spiro atoms. The maximum absolute atomic E-state index is 13.2. The maximum Gasteiger partial charge on any atom is 0.283 e. The molecule has 1 fully saturated rings. The molecule has 0 bridgehead atoms. The molecule has 176 valence electrons. The Morgan fingerprint density at radius 1 is 1.27 bits per heavy atom. The Bertz CT molecular complexity index is 1280. The molecule has 4 heterocycles. The van der Waals surface area contributed by atoms with Crippen molar-refractivity contribution in [1.29, 1.82) is 0 Å². The third kappa shape index (κ3) is 4.19. The number of amides is 1. The molecule has 3 aromatic heterocycles. The lowest BCUT2D eigenvalue weighted by Crippen LogP contribution is -2.53. The topological polar surface area (TPSA) is 147 Å². The van der Waals surface area contributed by atoms with Crippen molar-refractivity contribution in [1.82, 2.24) is 28.9 Å². The number of ether oxygens (including phenoxy) is 1. The van der Waals surface area contributed by atoms with Crippen LogP contribution in [0, 0.1) is 13.8 Å². The number of hydrogen-bond acceptors (Lipinski definition) is 9. The van der Waals surface area contributed by atoms with E-state index in [2.05, 4.69) is 15.1 Å². The summed E-state index contributed by atoms with van der Waals surface area (Å²) in [7, 11) is -2.29. The third-order valence-corrected chi connectivity index (χ3v) is 7.66. The molecule has 1 atom stereocenters. The summed E-state index contributed by atoms with van der Waals surface area (Å²) < 4.78 is 38.8. The number of fused-ring (bicyclic) bond motifs is 1. The van der Waals surface area contributed by atoms with Crippen LogP contribution in [0.5, 0.6) is 0 Å². The number of carbonyl (C=O) groups excluding carboxylic acids is 1. The standard InChI is InChI=1S/C20H24N6O6S/c1-13-17(14(2)32-23-13)33(29,30)25-9-7-24(8-10-25)19(27)16-20(28)26(11-12-31-3)18-15(22-16)5-4-6-21-18/h4-6H,7-12H2,1-3H3. The quantitative estimate of drug-likeness (QED) is 0.461. The highest BCUT2D eigenvalue weighted by Crippen LogP contribution is 2.28. The molecule has 1 aliphatic rings. The molecule has 1 amide bonds. The van der Waals surface area contributed by atoms with Crippen molar-refractivity contribution in [2.45, 2.75) is 25.3 Å². The van der Waals surface area contributed by atoms with Crippen molar-refractivity contribution in [3.05, 3.63) is 45.8 Å². The molecule has 0 aromatic carbocycles. The van der Waals surface area contributed by atoms with E-state index in [9.17, 15) is 18.4 Å². The van der Waals surface area contributed by atoms with Gasteiger partial charge in [-0.2, -0.15) is 0 Å². The Balaban J connectivity index is 1.58. The predicted octanol–water partition coefficient (Wildman–Crippen LogP) is 0.405. The first-order valence-corrected chi connectivity index (χ1v) is 11.8. The summed E-state index contributed by atoms with van der Waals surface area (Å²) in [6.45, 7) is 3.98. The highest BCUT2D eigenvalue weighted by Gasteiger charge is 2.39. The molecule has 12 nitrogen and oxygen atoms in total. The highest BCUT2D eigenvalue weighted by molar-refractivity contribution is 7.95. The summed E-state index contributed by atoms with van der Waals surface area (Å²) in [4.78, 5) is 36.2. The largest absolute Gasteiger partial charge is 0.593 e. The number of methoxy groups -OCH3 is 1. The monoisotopic (exact) mass is 476 g/mol. The van der Waals surface area contributed by atoms with Crippen LogP contribution in [0.15, 0.2) is 32.5 Å². The summed E-state index contributed by atoms with van der Waals surface area (Å²) in [5.41, 5.74) is 0.280. The summed E-state index contributed by atoms with van der Waals surface area (Å²) >= 11 is 0. The fourth-order valence-electron chi connectivity index (χ4n) is 3.86. The van der Waals surface area contributed by atoms with Crippen LogP contribution in [0.2, 0.25) is 0 Å². The van der Waals surface area contributed by atoms with E-state index in [-0.39, 0.29) is 61.4 Å². The average molecular weight is 477 g/mol. The Hall–Kier alpha value is -3.00. The number of sulfonamides is 1. The molecule has 1 aliphatic heterocycles. The molecule has 1 saturated heterocycles. The van der Waals surface area contributed by atoms with Gasteiger partial charge < -0.3 is 18.7 Å². The molecule has 0 N–H and O–H groups in total. The van der Waals surface area contributed by atoms with E-state index in [1.54, 1.807) is 32.2 Å². The molecule has 0 saturated carbocycles. The van der Waals surface area contributed by atoms with Gasteiger partial charge in [0.1, 0.15) is 11.2 Å². The van der Waals surface area contributed by atoms with E-state index in [1.807, 2.05) is 0 Å². The van der Waals surface area contributed by atoms with Crippen LogP contribution in [0.25, 0.3) is 11.2 Å². The zero-order valence-corrected chi connectivity index (χ0v) is 19.3. The first-order chi connectivity index (χ1) is 15.8. The van der Waals surface area contributed by atoms with E-state index in [4.69, 9.17) is 9.26 Å². The van der Waals surface area contributed by atoms with E-state index >= 15 is 0 Å². The minimum absolute atomic E-state index is 0.0481. The van der Waals surface area contributed by atoms with Crippen LogP contribution in [-0.4, -0.2) is 79.3 Å². The van der Waals surface area contributed by atoms with Gasteiger partial charge in [0.2, 0.25) is 4.90 Å². The Labute approximate surface area is 190 Å². The first-order valence-electron chi connectivity index (χ1n) is 10.3. The Kier molecular flexibility index (Phi) is 6.38. The highest BCUT2D eigenvalue weighted by atomic mass is 32.3. The van der Waals surface area contributed by atoms with Crippen molar-refractivity contribution in [3.63, 3.8) is 0 Å². The second-order valence-corrected chi connectivity index (χ2v) is 9.48. The van der Waals surface area contributed by atoms with Gasteiger partial charge in [-0.25, -0.2) is 9.97 Å². The van der Waals surface area contributed by atoms with Crippen LogP contribution in [0.1, 0.15) is 21.9 Å². The predicted molar refractivity (Wildman–Crippen MR) is 116 cm³/mol. The third-order valence-electron chi connectivity index (χ3n) is 5.51. The molecule has 0 radical (unpaired) electrons. The molecule has 13 heteroatoms. The van der Waals surface area contributed by atoms with Gasteiger partial charge in [0.25, 0.3) is 11.5 Å². The number of aryl methyl sites for hydroxylation is 2. The first kappa shape index (κ1) is 23.2. The van der Waals surface area contributed by atoms with E-state index in [1.165, 1.54) is 20.9 Å². The average Bonchev–Trinajstić information content (AvgIpc) is 3.16. The molecular weight excluding hydrogens is 452 g/mol. The maximum atomic E-state index is 13.2. The Morgan fingerprint density at radius 2 is 2.00 bits per heavy atom. The van der Waals surface area contributed by atoms with Crippen LogP contribution in [0.3, 0.4) is 0 Å². The summed E-state index contributed by atoms with van der Waals surface area (Å²) in [5.74, 6) is -0.331. The fourth-order valence-corrected chi connectivity index (χ4v) is 5.57. The zero-order chi connectivity index (χ0) is 23.8. The minimum atomic E-state index is -3.81. The van der Waals surface area contributed by atoms with Crippen molar-refractivity contribution in [3.8, 4) is 0 Å². The van der Waals surface area contributed by atoms with Crippen molar-refractivity contribution < 1.29 is 22.8 Å². The lowest BCUT2D eigenvalue weighted by molar-refractivity contribution is 0.0684. The van der Waals surface area contributed by atoms with Gasteiger partial charge in [-0.1, -0.05) is 9.37 Å². The number of nitrogens with zero attached hydrogens (tertiary/aromatic N) is 6. The minimum Gasteiger partial charge on any atom is -0.593 e. The Morgan fingerprint density at radius 3 is 2.64 bits per heavy atom. The van der Waals surface area contributed by atoms with Crippen molar-refractivity contribution in [2.24, 2.45) is 0 Å². The van der Waals surface area contributed by atoms with Gasteiger partial charge >= 0.3 is 0 Å². The smallest absolute Gasteiger partial charge is 0.283 e. The van der Waals surface area contributed by atoms with Crippen molar-refractivity contribution >= 4 is 27.5 Å². The fraction of sp³-hybridized carbons (Fsp3) is 0.450. The number of carbonyl (C=O) groups is 1. The van der Waals surface area contributed by atoms with E-state index in [0.29, 0.717) is 11.2 Å². The lowest BCUT2D eigenvalue weighted by atomic mass is 10.3. The van der Waals surface area contributed by atoms with Crippen LogP contribution < -0.4 is 5.56 Å². The van der Waals surface area contributed by atoms with Crippen molar-refractivity contribution in [2.75, 3.05) is 39.9 Å². The molecule has 0 aliphatic carbocycles. The van der Waals surface area contributed by atoms with Gasteiger partial charge in [-0.05, 0) is 19.1 Å². The number of pyridine rings is 1. The van der Waals surface area contributed by atoms with Crippen LogP contribution in [0.4, 0.5) is 0 Å². The SMILES string of the molecule is COCCn1c(=O)c(C(=O)N2CCN([S+](=O)([O-])c3c(C)noc3C)CC2)nc2cccnc21. The zero-order valence-electron chi connectivity index (χ0n) is 18.5. The van der Waals surface area contributed by atoms with E-state index < -0.39 is 21.9 Å². The summed E-state index contributed by atoms with van der Waals surface area (Å²) in [6.07, 6.45) is 1.55.